The Labute approximate surface area is 64.3 Å². The van der Waals surface area contributed by atoms with Gasteiger partial charge in [-0.2, -0.15) is 0 Å². The zero-order valence-corrected chi connectivity index (χ0v) is 6.13. The monoisotopic (exact) mass is 154 g/mol. The highest BCUT2D eigenvalue weighted by atomic mass is 16.5. The fraction of sp³-hybridized carbons (Fsp3) is 0.500. The average Bonchev–Trinajstić information content (AvgIpc) is 2.30. The number of aromatic hydroxyl groups is 2. The van der Waals surface area contributed by atoms with Crippen molar-refractivity contribution in [3.8, 4) is 11.9 Å². The molecule has 11 heavy (non-hydrogen) atoms. The van der Waals surface area contributed by atoms with Gasteiger partial charge < -0.3 is 14.6 Å². The van der Waals surface area contributed by atoms with Gasteiger partial charge in [-0.15, -0.1) is 0 Å². The lowest BCUT2D eigenvalue weighted by atomic mass is 9.95. The number of rotatable bonds is 0. The Balaban J connectivity index is 2.52. The van der Waals surface area contributed by atoms with Crippen molar-refractivity contribution in [2.45, 2.75) is 25.7 Å². The molecule has 0 amide bonds. The molecule has 0 fully saturated rings. The molecular formula is C8H10O3. The summed E-state index contributed by atoms with van der Waals surface area (Å²) in [7, 11) is 0. The van der Waals surface area contributed by atoms with Crippen molar-refractivity contribution in [1.82, 2.24) is 0 Å². The number of furan rings is 1. The molecular weight excluding hydrogens is 144 g/mol. The Bertz CT molecular complexity index is 249. The number of hydrogen-bond donors (Lipinski definition) is 2. The van der Waals surface area contributed by atoms with E-state index in [4.69, 9.17) is 10.2 Å². The first-order chi connectivity index (χ1) is 5.29. The van der Waals surface area contributed by atoms with Crippen LogP contribution in [0.25, 0.3) is 0 Å². The summed E-state index contributed by atoms with van der Waals surface area (Å²) in [6, 6.07) is 0. The molecule has 1 aliphatic rings. The van der Waals surface area contributed by atoms with Crippen LogP contribution in [0.1, 0.15) is 24.0 Å². The molecule has 1 aliphatic carbocycles. The highest BCUT2D eigenvalue weighted by Gasteiger charge is 2.21. The summed E-state index contributed by atoms with van der Waals surface area (Å²) in [5.74, 6) is -0.200. The Hall–Kier alpha value is -1.12. The fourth-order valence-corrected chi connectivity index (χ4v) is 1.59. The van der Waals surface area contributed by atoms with Crippen molar-refractivity contribution in [2.24, 2.45) is 0 Å². The van der Waals surface area contributed by atoms with E-state index in [1.165, 1.54) is 0 Å². The molecule has 0 spiro atoms. The van der Waals surface area contributed by atoms with E-state index in [9.17, 15) is 0 Å². The lowest BCUT2D eigenvalue weighted by molar-refractivity contribution is 0.262. The summed E-state index contributed by atoms with van der Waals surface area (Å²) < 4.78 is 4.68. The van der Waals surface area contributed by atoms with Crippen LogP contribution in [0.4, 0.5) is 0 Å². The lowest BCUT2D eigenvalue weighted by Gasteiger charge is -2.08. The SMILES string of the molecule is Oc1oc(O)c2c1CCCC2. The molecule has 0 atom stereocenters. The van der Waals surface area contributed by atoms with Crippen molar-refractivity contribution < 1.29 is 14.6 Å². The number of fused-ring (bicyclic) bond motifs is 1. The van der Waals surface area contributed by atoms with Crippen molar-refractivity contribution in [2.75, 3.05) is 0 Å². The Morgan fingerprint density at radius 3 is 1.82 bits per heavy atom. The maximum absolute atomic E-state index is 9.15. The van der Waals surface area contributed by atoms with Crippen molar-refractivity contribution >= 4 is 0 Å². The molecule has 0 saturated heterocycles. The standard InChI is InChI=1S/C8H10O3/c9-7-5-3-1-2-4-6(5)8(10)11-7/h9-10H,1-4H2. The fourth-order valence-electron chi connectivity index (χ4n) is 1.59. The Kier molecular flexibility index (Phi) is 1.31. The summed E-state index contributed by atoms with van der Waals surface area (Å²) >= 11 is 0. The zero-order chi connectivity index (χ0) is 7.84. The first-order valence-corrected chi connectivity index (χ1v) is 3.81. The van der Waals surface area contributed by atoms with Gasteiger partial charge in [-0.1, -0.05) is 0 Å². The largest absolute Gasteiger partial charge is 0.480 e. The van der Waals surface area contributed by atoms with Crippen LogP contribution in [0, 0.1) is 0 Å². The Morgan fingerprint density at radius 2 is 1.36 bits per heavy atom. The van der Waals surface area contributed by atoms with Crippen molar-refractivity contribution in [1.29, 1.82) is 0 Å². The van der Waals surface area contributed by atoms with Gasteiger partial charge in [0.1, 0.15) is 0 Å². The molecule has 2 rings (SSSR count). The van der Waals surface area contributed by atoms with Gasteiger partial charge in [-0.25, -0.2) is 0 Å². The highest BCUT2D eigenvalue weighted by Crippen LogP contribution is 2.37. The van der Waals surface area contributed by atoms with E-state index in [-0.39, 0.29) is 11.9 Å². The van der Waals surface area contributed by atoms with E-state index in [1.54, 1.807) is 0 Å². The minimum absolute atomic E-state index is 0.0998. The maximum atomic E-state index is 9.15. The minimum atomic E-state index is -0.0998. The van der Waals surface area contributed by atoms with E-state index < -0.39 is 0 Å². The normalized spacial score (nSPS) is 16.4. The first kappa shape index (κ1) is 6.58. The van der Waals surface area contributed by atoms with Gasteiger partial charge in [0.2, 0.25) is 0 Å². The van der Waals surface area contributed by atoms with Crippen molar-refractivity contribution in [3.63, 3.8) is 0 Å². The molecule has 1 aromatic heterocycles. The molecule has 0 unspecified atom stereocenters. The topological polar surface area (TPSA) is 53.6 Å². The van der Waals surface area contributed by atoms with Crippen LogP contribution in [0.5, 0.6) is 11.9 Å². The molecule has 0 aromatic carbocycles. The van der Waals surface area contributed by atoms with Gasteiger partial charge in [0, 0.05) is 11.1 Å². The van der Waals surface area contributed by atoms with Gasteiger partial charge in [0.25, 0.3) is 11.9 Å². The van der Waals surface area contributed by atoms with Gasteiger partial charge >= 0.3 is 0 Å². The Morgan fingerprint density at radius 1 is 0.909 bits per heavy atom. The molecule has 60 valence electrons. The van der Waals surface area contributed by atoms with Crippen LogP contribution in [0.15, 0.2) is 4.42 Å². The smallest absolute Gasteiger partial charge is 0.288 e. The molecule has 0 aliphatic heterocycles. The van der Waals surface area contributed by atoms with E-state index in [2.05, 4.69) is 4.42 Å². The third-order valence-corrected chi connectivity index (χ3v) is 2.18. The summed E-state index contributed by atoms with van der Waals surface area (Å²) in [4.78, 5) is 0. The minimum Gasteiger partial charge on any atom is -0.480 e. The summed E-state index contributed by atoms with van der Waals surface area (Å²) in [6.45, 7) is 0. The van der Waals surface area contributed by atoms with Gasteiger partial charge in [-0.05, 0) is 25.7 Å². The summed E-state index contributed by atoms with van der Waals surface area (Å²) in [5, 5.41) is 18.3. The molecule has 0 bridgehead atoms. The third-order valence-electron chi connectivity index (χ3n) is 2.18. The summed E-state index contributed by atoms with van der Waals surface area (Å²) in [6.07, 6.45) is 3.79. The van der Waals surface area contributed by atoms with Gasteiger partial charge in [0.15, 0.2) is 0 Å². The second kappa shape index (κ2) is 2.19. The number of hydrogen-bond acceptors (Lipinski definition) is 3. The maximum Gasteiger partial charge on any atom is 0.288 e. The van der Waals surface area contributed by atoms with E-state index in [0.717, 1.165) is 36.8 Å². The molecule has 3 nitrogen and oxygen atoms in total. The van der Waals surface area contributed by atoms with Crippen LogP contribution < -0.4 is 0 Å². The van der Waals surface area contributed by atoms with E-state index >= 15 is 0 Å². The van der Waals surface area contributed by atoms with Gasteiger partial charge in [0.05, 0.1) is 0 Å². The van der Waals surface area contributed by atoms with Crippen LogP contribution in [0.3, 0.4) is 0 Å². The van der Waals surface area contributed by atoms with Crippen LogP contribution in [-0.2, 0) is 12.8 Å². The first-order valence-electron chi connectivity index (χ1n) is 3.81. The predicted octanol–water partition coefficient (Wildman–Crippen LogP) is 1.57. The molecule has 2 N–H and O–H groups in total. The highest BCUT2D eigenvalue weighted by molar-refractivity contribution is 5.40. The van der Waals surface area contributed by atoms with Crippen LogP contribution in [0.2, 0.25) is 0 Å². The molecule has 3 heteroatoms. The van der Waals surface area contributed by atoms with E-state index in [0.29, 0.717) is 0 Å². The molecule has 0 radical (unpaired) electrons. The van der Waals surface area contributed by atoms with Crippen molar-refractivity contribution in [3.05, 3.63) is 11.1 Å². The van der Waals surface area contributed by atoms with E-state index in [1.807, 2.05) is 0 Å². The summed E-state index contributed by atoms with van der Waals surface area (Å²) in [5.41, 5.74) is 1.60. The molecule has 0 saturated carbocycles. The quantitative estimate of drug-likeness (QED) is 0.596. The molecule has 1 aromatic rings. The predicted molar refractivity (Wildman–Crippen MR) is 38.7 cm³/mol. The lowest BCUT2D eigenvalue weighted by Crippen LogP contribution is -1.98. The third kappa shape index (κ3) is 0.878. The second-order valence-corrected chi connectivity index (χ2v) is 2.88. The van der Waals surface area contributed by atoms with Gasteiger partial charge in [-0.3, -0.25) is 0 Å². The zero-order valence-electron chi connectivity index (χ0n) is 6.13. The second-order valence-electron chi connectivity index (χ2n) is 2.88. The van der Waals surface area contributed by atoms with Crippen LogP contribution >= 0.6 is 0 Å². The average molecular weight is 154 g/mol. The molecule has 1 heterocycles. The van der Waals surface area contributed by atoms with Crippen LogP contribution in [-0.4, -0.2) is 10.2 Å².